The summed E-state index contributed by atoms with van der Waals surface area (Å²) in [5, 5.41) is 4.24. The first-order valence-electron chi connectivity index (χ1n) is 7.10. The van der Waals surface area contributed by atoms with Crippen molar-refractivity contribution in [1.82, 2.24) is 10.3 Å². The van der Waals surface area contributed by atoms with E-state index in [1.807, 2.05) is 6.07 Å². The fourth-order valence-corrected chi connectivity index (χ4v) is 2.89. The Morgan fingerprint density at radius 1 is 1.47 bits per heavy atom. The Balaban J connectivity index is 1.98. The molecule has 1 N–H and O–H groups in total. The topological polar surface area (TPSA) is 34.1 Å². The average Bonchev–Trinajstić information content (AvgIpc) is 2.41. The predicted molar refractivity (Wildman–Crippen MR) is 78.8 cm³/mol. The lowest BCUT2D eigenvalue weighted by Gasteiger charge is -2.53. The number of halogens is 1. The van der Waals surface area contributed by atoms with Crippen molar-refractivity contribution in [3.8, 4) is 5.75 Å². The molecule has 1 saturated carbocycles. The number of nitrogens with zero attached hydrogens (tertiary/aromatic N) is 1. The van der Waals surface area contributed by atoms with Gasteiger partial charge in [-0.15, -0.1) is 0 Å². The van der Waals surface area contributed by atoms with E-state index in [2.05, 4.69) is 31.1 Å². The van der Waals surface area contributed by atoms with E-state index in [1.54, 1.807) is 12.4 Å². The van der Waals surface area contributed by atoms with Gasteiger partial charge in [0.2, 0.25) is 0 Å². The Bertz CT molecular complexity index is 426. The first kappa shape index (κ1) is 14.6. The summed E-state index contributed by atoms with van der Waals surface area (Å²) in [7, 11) is 0. The SMILES string of the molecule is CCCNC1CC(Oc2cncc(Cl)c2)C1(C)CC. The minimum Gasteiger partial charge on any atom is -0.488 e. The van der Waals surface area contributed by atoms with Crippen LogP contribution in [-0.4, -0.2) is 23.7 Å². The number of aromatic nitrogens is 1. The van der Waals surface area contributed by atoms with E-state index in [-0.39, 0.29) is 11.5 Å². The maximum Gasteiger partial charge on any atom is 0.139 e. The number of hydrogen-bond donors (Lipinski definition) is 1. The van der Waals surface area contributed by atoms with Gasteiger partial charge in [-0.25, -0.2) is 0 Å². The minimum atomic E-state index is 0.192. The zero-order valence-electron chi connectivity index (χ0n) is 11.9. The summed E-state index contributed by atoms with van der Waals surface area (Å²) in [5.74, 6) is 0.770. The first-order valence-corrected chi connectivity index (χ1v) is 7.48. The normalized spacial score (nSPS) is 29.9. The van der Waals surface area contributed by atoms with Crippen LogP contribution >= 0.6 is 11.6 Å². The molecule has 1 aliphatic carbocycles. The number of pyridine rings is 1. The van der Waals surface area contributed by atoms with Crippen LogP contribution in [0.2, 0.25) is 5.02 Å². The summed E-state index contributed by atoms with van der Waals surface area (Å²) in [5.41, 5.74) is 0.192. The van der Waals surface area contributed by atoms with Gasteiger partial charge < -0.3 is 10.1 Å². The van der Waals surface area contributed by atoms with E-state index in [0.29, 0.717) is 11.1 Å². The molecule has 1 heterocycles. The molecular formula is C15H23ClN2O. The molecule has 4 heteroatoms. The smallest absolute Gasteiger partial charge is 0.139 e. The van der Waals surface area contributed by atoms with Crippen LogP contribution < -0.4 is 10.1 Å². The highest BCUT2D eigenvalue weighted by atomic mass is 35.5. The Morgan fingerprint density at radius 2 is 2.26 bits per heavy atom. The lowest BCUT2D eigenvalue weighted by atomic mass is 9.61. The molecule has 0 saturated heterocycles. The summed E-state index contributed by atoms with van der Waals surface area (Å²) in [4.78, 5) is 4.07. The second-order valence-corrected chi connectivity index (χ2v) is 5.98. The zero-order valence-corrected chi connectivity index (χ0v) is 12.7. The quantitative estimate of drug-likeness (QED) is 0.864. The fraction of sp³-hybridized carbons (Fsp3) is 0.667. The second kappa shape index (κ2) is 6.10. The third-order valence-electron chi connectivity index (χ3n) is 4.34. The van der Waals surface area contributed by atoms with Gasteiger partial charge in [0.05, 0.1) is 11.2 Å². The van der Waals surface area contributed by atoms with E-state index in [0.717, 1.165) is 25.1 Å². The van der Waals surface area contributed by atoms with E-state index < -0.39 is 0 Å². The third-order valence-corrected chi connectivity index (χ3v) is 4.55. The van der Waals surface area contributed by atoms with Crippen molar-refractivity contribution in [2.45, 2.75) is 52.2 Å². The summed E-state index contributed by atoms with van der Waals surface area (Å²) >= 11 is 5.94. The standard InChI is InChI=1S/C15H23ClN2O/c1-4-6-18-13-8-14(15(13,3)5-2)19-12-7-11(16)9-17-10-12/h7,9-10,13-14,18H,4-6,8H2,1-3H3. The molecule has 0 aliphatic heterocycles. The van der Waals surface area contributed by atoms with Crippen molar-refractivity contribution in [1.29, 1.82) is 0 Å². The lowest BCUT2D eigenvalue weighted by molar-refractivity contribution is -0.0702. The minimum absolute atomic E-state index is 0.192. The molecule has 19 heavy (non-hydrogen) atoms. The van der Waals surface area contributed by atoms with Crippen LogP contribution in [0.1, 0.15) is 40.0 Å². The van der Waals surface area contributed by atoms with E-state index in [1.165, 1.54) is 6.42 Å². The molecule has 1 fully saturated rings. The Kier molecular flexibility index (Phi) is 4.69. The summed E-state index contributed by atoms with van der Waals surface area (Å²) in [6.45, 7) is 7.80. The van der Waals surface area contributed by atoms with Gasteiger partial charge in [-0.05, 0) is 19.4 Å². The van der Waals surface area contributed by atoms with Crippen LogP contribution in [0.4, 0.5) is 0 Å². The molecule has 0 radical (unpaired) electrons. The van der Waals surface area contributed by atoms with Gasteiger partial charge in [0, 0.05) is 30.1 Å². The van der Waals surface area contributed by atoms with Crippen molar-refractivity contribution in [2.75, 3.05) is 6.54 Å². The number of rotatable bonds is 6. The Morgan fingerprint density at radius 3 is 2.89 bits per heavy atom. The summed E-state index contributed by atoms with van der Waals surface area (Å²) in [6, 6.07) is 2.38. The van der Waals surface area contributed by atoms with Crippen LogP contribution in [0, 0.1) is 5.41 Å². The van der Waals surface area contributed by atoms with Crippen LogP contribution in [0.5, 0.6) is 5.75 Å². The highest BCUT2D eigenvalue weighted by molar-refractivity contribution is 6.30. The van der Waals surface area contributed by atoms with Gasteiger partial charge in [-0.3, -0.25) is 4.98 Å². The number of ether oxygens (including phenoxy) is 1. The molecule has 2 rings (SSSR count). The largest absolute Gasteiger partial charge is 0.488 e. The number of nitrogens with one attached hydrogen (secondary N) is 1. The van der Waals surface area contributed by atoms with Gasteiger partial charge in [-0.2, -0.15) is 0 Å². The molecule has 0 amide bonds. The van der Waals surface area contributed by atoms with Gasteiger partial charge in [0.1, 0.15) is 11.9 Å². The van der Waals surface area contributed by atoms with Crippen LogP contribution in [0.25, 0.3) is 0 Å². The average molecular weight is 283 g/mol. The summed E-state index contributed by atoms with van der Waals surface area (Å²) in [6.07, 6.45) is 6.92. The molecule has 1 aliphatic rings. The van der Waals surface area contributed by atoms with Gasteiger partial charge in [0.25, 0.3) is 0 Å². The van der Waals surface area contributed by atoms with Crippen molar-refractivity contribution >= 4 is 11.6 Å². The van der Waals surface area contributed by atoms with Crippen molar-refractivity contribution in [2.24, 2.45) is 5.41 Å². The highest BCUT2D eigenvalue weighted by Crippen LogP contribution is 2.46. The fourth-order valence-electron chi connectivity index (χ4n) is 2.73. The Hall–Kier alpha value is -0.800. The molecule has 0 spiro atoms. The van der Waals surface area contributed by atoms with Crippen molar-refractivity contribution in [3.63, 3.8) is 0 Å². The molecule has 0 bridgehead atoms. The van der Waals surface area contributed by atoms with Crippen LogP contribution in [-0.2, 0) is 0 Å². The van der Waals surface area contributed by atoms with E-state index >= 15 is 0 Å². The third kappa shape index (κ3) is 3.03. The van der Waals surface area contributed by atoms with E-state index in [9.17, 15) is 0 Å². The van der Waals surface area contributed by atoms with E-state index in [4.69, 9.17) is 16.3 Å². The second-order valence-electron chi connectivity index (χ2n) is 5.55. The number of hydrogen-bond acceptors (Lipinski definition) is 3. The van der Waals surface area contributed by atoms with Gasteiger partial charge in [-0.1, -0.05) is 32.4 Å². The molecular weight excluding hydrogens is 260 g/mol. The van der Waals surface area contributed by atoms with Crippen LogP contribution in [0.15, 0.2) is 18.5 Å². The summed E-state index contributed by atoms with van der Waals surface area (Å²) < 4.78 is 6.06. The van der Waals surface area contributed by atoms with Crippen molar-refractivity contribution < 1.29 is 4.74 Å². The lowest BCUT2D eigenvalue weighted by Crippen LogP contribution is -2.63. The molecule has 1 aromatic heterocycles. The monoisotopic (exact) mass is 282 g/mol. The first-order chi connectivity index (χ1) is 9.10. The molecule has 3 atom stereocenters. The zero-order chi connectivity index (χ0) is 13.9. The van der Waals surface area contributed by atoms with Gasteiger partial charge in [0.15, 0.2) is 0 Å². The molecule has 106 valence electrons. The highest BCUT2D eigenvalue weighted by Gasteiger charge is 2.51. The molecule has 0 aromatic carbocycles. The van der Waals surface area contributed by atoms with Gasteiger partial charge >= 0.3 is 0 Å². The maximum absolute atomic E-state index is 6.06. The molecule has 3 unspecified atom stereocenters. The van der Waals surface area contributed by atoms with Crippen molar-refractivity contribution in [3.05, 3.63) is 23.5 Å². The van der Waals surface area contributed by atoms with Crippen LogP contribution in [0.3, 0.4) is 0 Å². The maximum atomic E-state index is 6.06. The Labute approximate surface area is 120 Å². The predicted octanol–water partition coefficient (Wildman–Crippen LogP) is 3.67. The molecule has 1 aromatic rings. The molecule has 3 nitrogen and oxygen atoms in total.